The third-order valence-electron chi connectivity index (χ3n) is 14.7. The van der Waals surface area contributed by atoms with Gasteiger partial charge in [0.15, 0.2) is 0 Å². The van der Waals surface area contributed by atoms with Gasteiger partial charge in [-0.25, -0.2) is 5.43 Å². The summed E-state index contributed by atoms with van der Waals surface area (Å²) in [5, 5.41) is 16.9. The van der Waals surface area contributed by atoms with Gasteiger partial charge < -0.3 is 34.4 Å². The molecular formula is C55H72N8O7. The minimum absolute atomic E-state index is 0.000464. The van der Waals surface area contributed by atoms with Crippen LogP contribution in [0.25, 0.3) is 33.3 Å². The van der Waals surface area contributed by atoms with Crippen molar-refractivity contribution in [2.24, 2.45) is 17.3 Å². The summed E-state index contributed by atoms with van der Waals surface area (Å²) >= 11 is 0. The van der Waals surface area contributed by atoms with Crippen LogP contribution in [-0.4, -0.2) is 129 Å². The zero-order valence-electron chi connectivity index (χ0n) is 42.6. The lowest BCUT2D eigenvalue weighted by Gasteiger charge is -2.37. The van der Waals surface area contributed by atoms with Crippen LogP contribution in [0.4, 0.5) is 0 Å². The van der Waals surface area contributed by atoms with Gasteiger partial charge >= 0.3 is 5.97 Å². The van der Waals surface area contributed by atoms with Gasteiger partial charge in [0.1, 0.15) is 23.9 Å². The van der Waals surface area contributed by atoms with E-state index in [2.05, 4.69) is 92.7 Å². The van der Waals surface area contributed by atoms with Crippen LogP contribution < -0.4 is 10.7 Å². The fourth-order valence-electron chi connectivity index (χ4n) is 11.2. The number of hydrogen-bond acceptors (Lipinski definition) is 10. The van der Waals surface area contributed by atoms with Crippen LogP contribution in [0.3, 0.4) is 0 Å². The first-order valence-electron chi connectivity index (χ1n) is 25.2. The lowest BCUT2D eigenvalue weighted by Crippen LogP contribution is -2.62. The Hall–Kier alpha value is -6.06. The number of ether oxygens (including phenoxy) is 1. The predicted molar refractivity (Wildman–Crippen MR) is 270 cm³/mol. The molecule has 2 saturated heterocycles. The number of likely N-dealkylation sites (N-methyl/N-ethyl adjacent to an activating group) is 2. The van der Waals surface area contributed by atoms with Crippen molar-refractivity contribution in [1.82, 2.24) is 40.0 Å². The van der Waals surface area contributed by atoms with Gasteiger partial charge in [-0.05, 0) is 116 Å². The summed E-state index contributed by atoms with van der Waals surface area (Å²) in [4.78, 5) is 80.5. The maximum absolute atomic E-state index is 14.8. The van der Waals surface area contributed by atoms with Crippen LogP contribution in [0.5, 0.6) is 5.75 Å². The summed E-state index contributed by atoms with van der Waals surface area (Å²) in [6.07, 6.45) is 4.14. The number of pyridine rings is 1. The molecule has 2 aromatic carbocycles. The molecule has 0 radical (unpaired) electrons. The first kappa shape index (κ1) is 50.3. The van der Waals surface area contributed by atoms with Crippen molar-refractivity contribution in [3.8, 4) is 28.1 Å². The van der Waals surface area contributed by atoms with E-state index in [-0.39, 0.29) is 55.5 Å². The average Bonchev–Trinajstić information content (AvgIpc) is 3.94. The smallest absolute Gasteiger partial charge is 0.324 e. The molecule has 15 heteroatoms. The quantitative estimate of drug-likeness (QED) is 0.127. The zero-order valence-corrected chi connectivity index (χ0v) is 42.6. The number of likely N-dealkylation sites (tertiary alicyclic amines) is 1. The van der Waals surface area contributed by atoms with Crippen molar-refractivity contribution in [2.45, 2.75) is 124 Å². The molecule has 4 aliphatic rings. The van der Waals surface area contributed by atoms with E-state index >= 15 is 0 Å². The second-order valence-electron chi connectivity index (χ2n) is 21.5. The number of cyclic esters (lactones) is 1. The maximum atomic E-state index is 14.8. The molecule has 0 saturated carbocycles. The number of carbonyl (C=O) groups is 5. The highest BCUT2D eigenvalue weighted by molar-refractivity contribution is 5.96. The maximum Gasteiger partial charge on any atom is 0.324 e. The Labute approximate surface area is 412 Å². The van der Waals surface area contributed by atoms with E-state index in [4.69, 9.17) is 9.72 Å². The van der Waals surface area contributed by atoms with Crippen LogP contribution in [0.15, 0.2) is 55.1 Å². The highest BCUT2D eigenvalue weighted by atomic mass is 16.5. The Bertz CT molecular complexity index is 2710. The monoisotopic (exact) mass is 957 g/mol. The van der Waals surface area contributed by atoms with E-state index < -0.39 is 47.2 Å². The van der Waals surface area contributed by atoms with Gasteiger partial charge in [-0.1, -0.05) is 60.3 Å². The number of aromatic hydroxyl groups is 1. The van der Waals surface area contributed by atoms with Gasteiger partial charge in [-0.15, -0.1) is 0 Å². The minimum atomic E-state index is -1.16. The lowest BCUT2D eigenvalue weighted by molar-refractivity contribution is -0.155. The van der Waals surface area contributed by atoms with Crippen LogP contribution in [0, 0.1) is 17.3 Å². The SMILES string of the molecule is C=CC(=O)N1CC[C@H](C(=O)N(C)[C@H](C(=O)N[C@H]2Cc3cc(O)cc(c3)-c3ccc4c(c3)c(c(-c3cc5c(nc3C(C)C)CCN(C)C5)n4CC)CC(C)(C)COC(=O)[C@@H]3CCCN(N3)C2=O)C(C)C)C1. The Morgan fingerprint density at radius 3 is 2.53 bits per heavy atom. The molecule has 6 bridgehead atoms. The molecule has 4 aliphatic heterocycles. The molecule has 3 N–H and O–H groups in total. The number of aryl methyl sites for hydroxylation is 1. The van der Waals surface area contributed by atoms with Gasteiger partial charge in [0.2, 0.25) is 17.7 Å². The number of hydrazine groups is 1. The molecule has 0 unspecified atom stereocenters. The van der Waals surface area contributed by atoms with Gasteiger partial charge in [0, 0.05) is 86.7 Å². The fourth-order valence-corrected chi connectivity index (χ4v) is 11.2. The summed E-state index contributed by atoms with van der Waals surface area (Å²) in [5.41, 5.74) is 12.7. The molecule has 2 aromatic heterocycles. The number of aromatic nitrogens is 2. The summed E-state index contributed by atoms with van der Waals surface area (Å²) in [7, 11) is 3.74. The second kappa shape index (κ2) is 20.3. The van der Waals surface area contributed by atoms with Crippen molar-refractivity contribution in [3.05, 3.63) is 83.2 Å². The standard InChI is InChI=1S/C55H72N8O7/c1-11-47(65)61-21-17-36(30-61)52(67)60(10)49(33(5)6)51(66)57-45-24-34-22-37(25-39(64)23-34)35-15-16-46-40(26-35)42(28-55(7,8)31-70-54(69)44-14-13-19-63(58-44)53(45)68)50(62(46)12-2)41-27-38-29-59(9)20-18-43(38)56-48(41)32(3)4/h11,15-16,22-23,25-27,32-33,36,44-45,49,58,64H,1,12-14,17-21,24,28-31H2,2-10H3,(H,57,66)/t36-,44-,45-,49-/m0/s1. The van der Waals surface area contributed by atoms with E-state index in [9.17, 15) is 29.1 Å². The first-order chi connectivity index (χ1) is 33.3. The third kappa shape index (κ3) is 10.2. The molecule has 15 nitrogen and oxygen atoms in total. The van der Waals surface area contributed by atoms with Gasteiger partial charge in [-0.2, -0.15) is 0 Å². The van der Waals surface area contributed by atoms with E-state index in [0.717, 1.165) is 69.7 Å². The second-order valence-corrected chi connectivity index (χ2v) is 21.5. The highest BCUT2D eigenvalue weighted by Gasteiger charge is 2.40. The zero-order chi connectivity index (χ0) is 50.3. The lowest BCUT2D eigenvalue weighted by atomic mass is 9.83. The number of nitrogens with one attached hydrogen (secondary N) is 2. The first-order valence-corrected chi connectivity index (χ1v) is 25.2. The molecule has 4 amide bonds. The minimum Gasteiger partial charge on any atom is -0.508 e. The Balaban J connectivity index is 1.22. The highest BCUT2D eigenvalue weighted by Crippen LogP contribution is 2.43. The molecular weight excluding hydrogens is 885 g/mol. The number of hydrogen-bond donors (Lipinski definition) is 3. The molecule has 8 rings (SSSR count). The number of amides is 4. The molecule has 374 valence electrons. The predicted octanol–water partition coefficient (Wildman–Crippen LogP) is 6.37. The number of nitrogens with zero attached hydrogens (tertiary/aromatic N) is 6. The van der Waals surface area contributed by atoms with Gasteiger partial charge in [-0.3, -0.25) is 34.0 Å². The largest absolute Gasteiger partial charge is 0.508 e. The van der Waals surface area contributed by atoms with Crippen molar-refractivity contribution in [3.63, 3.8) is 0 Å². The van der Waals surface area contributed by atoms with Gasteiger partial charge in [0.05, 0.1) is 23.9 Å². The van der Waals surface area contributed by atoms with Crippen LogP contribution in [0.1, 0.15) is 102 Å². The van der Waals surface area contributed by atoms with E-state index in [1.165, 1.54) is 21.5 Å². The number of phenolic OH excluding ortho intramolecular Hbond substituents is 1. The van der Waals surface area contributed by atoms with E-state index in [0.29, 0.717) is 44.3 Å². The summed E-state index contributed by atoms with van der Waals surface area (Å²) in [6, 6.07) is 11.1. The van der Waals surface area contributed by atoms with Gasteiger partial charge in [0.25, 0.3) is 5.91 Å². The van der Waals surface area contributed by atoms with Crippen molar-refractivity contribution >= 4 is 40.5 Å². The molecule has 6 heterocycles. The van der Waals surface area contributed by atoms with E-state index in [1.807, 2.05) is 19.9 Å². The fraction of sp³-hybridized carbons (Fsp3) is 0.527. The normalized spacial score (nSPS) is 21.3. The number of fused-ring (bicyclic) bond motifs is 7. The molecule has 4 aromatic rings. The number of rotatable bonds is 9. The van der Waals surface area contributed by atoms with Crippen molar-refractivity contribution < 1.29 is 33.8 Å². The molecule has 0 spiro atoms. The molecule has 2 fully saturated rings. The topological polar surface area (TPSA) is 170 Å². The molecule has 4 atom stereocenters. The average molecular weight is 957 g/mol. The molecule has 0 aliphatic carbocycles. The summed E-state index contributed by atoms with van der Waals surface area (Å²) < 4.78 is 8.57. The van der Waals surface area contributed by atoms with Crippen LogP contribution in [-0.2, 0) is 61.1 Å². The van der Waals surface area contributed by atoms with Crippen LogP contribution >= 0.6 is 0 Å². The number of carbonyl (C=O) groups excluding carboxylic acids is 5. The summed E-state index contributed by atoms with van der Waals surface area (Å²) in [6.45, 7) is 21.6. The Kier molecular flexibility index (Phi) is 14.6. The van der Waals surface area contributed by atoms with Crippen LogP contribution in [0.2, 0.25) is 0 Å². The van der Waals surface area contributed by atoms with Crippen molar-refractivity contribution in [1.29, 1.82) is 0 Å². The summed E-state index contributed by atoms with van der Waals surface area (Å²) in [5.74, 6) is -2.63. The molecule has 70 heavy (non-hydrogen) atoms. The number of phenols is 1. The van der Waals surface area contributed by atoms with Crippen molar-refractivity contribution in [2.75, 3.05) is 46.9 Å². The van der Waals surface area contributed by atoms with E-state index in [1.54, 1.807) is 24.1 Å². The Morgan fingerprint density at radius 1 is 1.04 bits per heavy atom. The number of esters is 1. The Morgan fingerprint density at radius 2 is 1.81 bits per heavy atom. The third-order valence-corrected chi connectivity index (χ3v) is 14.7. The number of benzene rings is 2.